The number of ether oxygens (including phenoxy) is 1. The molecular formula is C17H25NO3. The molecule has 1 fully saturated rings. The van der Waals surface area contributed by atoms with Crippen LogP contribution in [0.3, 0.4) is 0 Å². The highest BCUT2D eigenvalue weighted by atomic mass is 16.5. The predicted octanol–water partition coefficient (Wildman–Crippen LogP) is 2.62. The van der Waals surface area contributed by atoms with Gasteiger partial charge in [-0.1, -0.05) is 32.0 Å². The van der Waals surface area contributed by atoms with Crippen LogP contribution in [0.1, 0.15) is 38.9 Å². The lowest BCUT2D eigenvalue weighted by molar-refractivity contribution is -0.129. The van der Waals surface area contributed by atoms with E-state index in [9.17, 15) is 9.90 Å². The van der Waals surface area contributed by atoms with Gasteiger partial charge in [0.1, 0.15) is 11.9 Å². The average molecular weight is 291 g/mol. The first-order valence-corrected chi connectivity index (χ1v) is 7.70. The normalized spacial score (nSPS) is 20.1. The minimum Gasteiger partial charge on any atom is -0.493 e. The number of aliphatic hydroxyl groups excluding tert-OH is 1. The van der Waals surface area contributed by atoms with Crippen molar-refractivity contribution in [2.45, 2.75) is 33.3 Å². The second-order valence-corrected chi connectivity index (χ2v) is 5.99. The van der Waals surface area contributed by atoms with Gasteiger partial charge in [-0.05, 0) is 24.8 Å². The minimum absolute atomic E-state index is 0.140. The number of amides is 1. The summed E-state index contributed by atoms with van der Waals surface area (Å²) in [7, 11) is 0. The number of rotatable bonds is 6. The fourth-order valence-electron chi connectivity index (χ4n) is 2.78. The van der Waals surface area contributed by atoms with E-state index in [1.807, 2.05) is 31.2 Å². The van der Waals surface area contributed by atoms with E-state index in [1.54, 1.807) is 4.90 Å². The zero-order chi connectivity index (χ0) is 15.4. The van der Waals surface area contributed by atoms with Gasteiger partial charge >= 0.3 is 0 Å². The number of nitrogens with zero attached hydrogens (tertiary/aromatic N) is 1. The maximum absolute atomic E-state index is 12.1. The minimum atomic E-state index is -0.706. The van der Waals surface area contributed by atoms with Gasteiger partial charge < -0.3 is 14.7 Å². The molecule has 1 N–H and O–H groups in total. The molecular weight excluding hydrogens is 266 g/mol. The van der Waals surface area contributed by atoms with Gasteiger partial charge in [0.15, 0.2) is 0 Å². The quantitative estimate of drug-likeness (QED) is 0.876. The molecule has 2 atom stereocenters. The van der Waals surface area contributed by atoms with Crippen LogP contribution in [0.5, 0.6) is 5.75 Å². The summed E-state index contributed by atoms with van der Waals surface area (Å²) in [5, 5.41) is 10.5. The number of hydrogen-bond acceptors (Lipinski definition) is 3. The number of benzene rings is 1. The fourth-order valence-corrected chi connectivity index (χ4v) is 2.78. The number of likely N-dealkylation sites (tertiary alicyclic amines) is 1. The van der Waals surface area contributed by atoms with E-state index in [4.69, 9.17) is 4.74 Å². The van der Waals surface area contributed by atoms with Crippen LogP contribution >= 0.6 is 0 Å². The molecule has 0 spiro atoms. The zero-order valence-corrected chi connectivity index (χ0v) is 13.1. The molecule has 2 rings (SSSR count). The molecule has 1 aliphatic rings. The maximum atomic E-state index is 12.1. The zero-order valence-electron chi connectivity index (χ0n) is 13.1. The molecule has 1 amide bonds. The van der Waals surface area contributed by atoms with Gasteiger partial charge in [0, 0.05) is 18.5 Å². The van der Waals surface area contributed by atoms with Gasteiger partial charge in [-0.2, -0.15) is 0 Å². The highest BCUT2D eigenvalue weighted by Gasteiger charge is 2.32. The lowest BCUT2D eigenvalue weighted by Crippen LogP contribution is -2.30. The van der Waals surface area contributed by atoms with Crippen molar-refractivity contribution in [1.82, 2.24) is 4.90 Å². The summed E-state index contributed by atoms with van der Waals surface area (Å²) in [5.74, 6) is 1.72. The third kappa shape index (κ3) is 3.76. The van der Waals surface area contributed by atoms with Gasteiger partial charge in [0.05, 0.1) is 13.2 Å². The molecule has 0 aromatic heterocycles. The Kier molecular flexibility index (Phi) is 5.23. The predicted molar refractivity (Wildman–Crippen MR) is 82.1 cm³/mol. The molecule has 21 heavy (non-hydrogen) atoms. The van der Waals surface area contributed by atoms with Crippen LogP contribution in [0.25, 0.3) is 0 Å². The molecule has 0 radical (unpaired) electrons. The van der Waals surface area contributed by atoms with Crippen LogP contribution in [0.2, 0.25) is 0 Å². The Bertz CT molecular complexity index is 487. The second kappa shape index (κ2) is 6.94. The number of carbonyl (C=O) groups excluding carboxylic acids is 1. The first-order valence-electron chi connectivity index (χ1n) is 7.70. The average Bonchev–Trinajstić information content (AvgIpc) is 2.81. The molecule has 2 unspecified atom stereocenters. The summed E-state index contributed by atoms with van der Waals surface area (Å²) in [4.78, 5) is 13.8. The molecule has 0 bridgehead atoms. The molecule has 1 saturated heterocycles. The number of para-hydroxylation sites is 1. The molecule has 1 heterocycles. The topological polar surface area (TPSA) is 49.8 Å². The van der Waals surface area contributed by atoms with Gasteiger partial charge in [0.25, 0.3) is 0 Å². The Morgan fingerprint density at radius 1 is 1.38 bits per heavy atom. The lowest BCUT2D eigenvalue weighted by atomic mass is 9.95. The summed E-state index contributed by atoms with van der Waals surface area (Å²) in [6.45, 7) is 7.84. The SMILES string of the molecule is CCOc1ccccc1C(O)CN1CC(C(C)C)CC1=O. The van der Waals surface area contributed by atoms with Gasteiger partial charge in [-0.25, -0.2) is 0 Å². The number of hydrogen-bond donors (Lipinski definition) is 1. The van der Waals surface area contributed by atoms with Crippen LogP contribution in [0.4, 0.5) is 0 Å². The van der Waals surface area contributed by atoms with E-state index >= 15 is 0 Å². The van der Waals surface area contributed by atoms with Crippen LogP contribution in [-0.4, -0.2) is 35.6 Å². The first kappa shape index (κ1) is 15.8. The van der Waals surface area contributed by atoms with Crippen molar-refractivity contribution < 1.29 is 14.6 Å². The van der Waals surface area contributed by atoms with Crippen molar-refractivity contribution in [1.29, 1.82) is 0 Å². The highest BCUT2D eigenvalue weighted by molar-refractivity contribution is 5.78. The van der Waals surface area contributed by atoms with Gasteiger partial charge in [-0.15, -0.1) is 0 Å². The Hall–Kier alpha value is -1.55. The molecule has 116 valence electrons. The largest absolute Gasteiger partial charge is 0.493 e. The van der Waals surface area contributed by atoms with E-state index < -0.39 is 6.10 Å². The molecule has 0 aliphatic carbocycles. The van der Waals surface area contributed by atoms with E-state index in [2.05, 4.69) is 13.8 Å². The van der Waals surface area contributed by atoms with Crippen molar-refractivity contribution in [2.75, 3.05) is 19.7 Å². The van der Waals surface area contributed by atoms with Crippen molar-refractivity contribution in [3.8, 4) is 5.75 Å². The van der Waals surface area contributed by atoms with Crippen molar-refractivity contribution in [3.63, 3.8) is 0 Å². The third-order valence-corrected chi connectivity index (χ3v) is 4.16. The Balaban J connectivity index is 2.05. The van der Waals surface area contributed by atoms with Crippen LogP contribution in [0.15, 0.2) is 24.3 Å². The lowest BCUT2D eigenvalue weighted by Gasteiger charge is -2.23. The summed E-state index contributed by atoms with van der Waals surface area (Å²) in [6, 6.07) is 7.47. The highest BCUT2D eigenvalue weighted by Crippen LogP contribution is 2.29. The Morgan fingerprint density at radius 3 is 2.71 bits per heavy atom. The van der Waals surface area contributed by atoms with Crippen molar-refractivity contribution >= 4 is 5.91 Å². The smallest absolute Gasteiger partial charge is 0.223 e. The number of aliphatic hydroxyl groups is 1. The summed E-state index contributed by atoms with van der Waals surface area (Å²) in [5.41, 5.74) is 0.750. The number of β-amino-alcohol motifs (C(OH)–C–C–N with tert-alkyl or cyclic N) is 1. The third-order valence-electron chi connectivity index (χ3n) is 4.16. The van der Waals surface area contributed by atoms with E-state index in [1.165, 1.54) is 0 Å². The van der Waals surface area contributed by atoms with Crippen LogP contribution in [-0.2, 0) is 4.79 Å². The standard InChI is InChI=1S/C17H25NO3/c1-4-21-16-8-6-5-7-14(16)15(19)11-18-10-13(12(2)3)9-17(18)20/h5-8,12-13,15,19H,4,9-11H2,1-3H3. The van der Waals surface area contributed by atoms with E-state index in [0.717, 1.165) is 12.1 Å². The monoisotopic (exact) mass is 291 g/mol. The van der Waals surface area contributed by atoms with Gasteiger partial charge in [0.2, 0.25) is 5.91 Å². The second-order valence-electron chi connectivity index (χ2n) is 5.99. The Morgan fingerprint density at radius 2 is 2.10 bits per heavy atom. The van der Waals surface area contributed by atoms with Crippen molar-refractivity contribution in [2.24, 2.45) is 11.8 Å². The molecule has 1 aromatic carbocycles. The van der Waals surface area contributed by atoms with E-state index in [0.29, 0.717) is 37.2 Å². The number of carbonyl (C=O) groups is 1. The molecule has 4 heteroatoms. The van der Waals surface area contributed by atoms with Crippen molar-refractivity contribution in [3.05, 3.63) is 29.8 Å². The fraction of sp³-hybridized carbons (Fsp3) is 0.588. The van der Waals surface area contributed by atoms with Gasteiger partial charge in [-0.3, -0.25) is 4.79 Å². The maximum Gasteiger partial charge on any atom is 0.223 e. The molecule has 0 saturated carbocycles. The molecule has 1 aromatic rings. The summed E-state index contributed by atoms with van der Waals surface area (Å²) >= 11 is 0. The Labute approximate surface area is 126 Å². The first-order chi connectivity index (χ1) is 10.0. The van der Waals surface area contributed by atoms with Crippen LogP contribution < -0.4 is 4.74 Å². The summed E-state index contributed by atoms with van der Waals surface area (Å²) < 4.78 is 5.55. The van der Waals surface area contributed by atoms with Crippen LogP contribution in [0, 0.1) is 11.8 Å². The molecule has 1 aliphatic heterocycles. The summed E-state index contributed by atoms with van der Waals surface area (Å²) in [6.07, 6.45) is -0.111. The van der Waals surface area contributed by atoms with E-state index in [-0.39, 0.29) is 5.91 Å². The molecule has 4 nitrogen and oxygen atoms in total.